The number of aliphatic hydroxyl groups is 2. The van der Waals surface area contributed by atoms with Crippen LogP contribution in [-0.4, -0.2) is 60.2 Å². The Morgan fingerprint density at radius 1 is 1.31 bits per heavy atom. The highest BCUT2D eigenvalue weighted by Gasteiger charge is 2.23. The van der Waals surface area contributed by atoms with Crippen molar-refractivity contribution in [1.82, 2.24) is 4.90 Å². The van der Waals surface area contributed by atoms with E-state index in [4.69, 9.17) is 4.74 Å². The molecule has 0 saturated carbocycles. The number of nitrogens with zero attached hydrogens (tertiary/aromatic N) is 1. The quantitative estimate of drug-likeness (QED) is 0.698. The van der Waals surface area contributed by atoms with E-state index in [-0.39, 0.29) is 12.2 Å². The molecule has 4 nitrogen and oxygen atoms in total. The van der Waals surface area contributed by atoms with Crippen LogP contribution in [0.4, 0.5) is 0 Å². The van der Waals surface area contributed by atoms with E-state index in [0.717, 1.165) is 25.9 Å². The van der Waals surface area contributed by atoms with Crippen LogP contribution in [0, 0.1) is 5.92 Å². The molecule has 0 amide bonds. The predicted octanol–water partition coefficient (Wildman–Crippen LogP) is 0.477. The first-order valence-electron chi connectivity index (χ1n) is 6.29. The van der Waals surface area contributed by atoms with E-state index >= 15 is 0 Å². The van der Waals surface area contributed by atoms with Gasteiger partial charge >= 0.3 is 0 Å². The Kier molecular flexibility index (Phi) is 6.28. The zero-order chi connectivity index (χ0) is 12.0. The molecule has 96 valence electrons. The van der Waals surface area contributed by atoms with Gasteiger partial charge in [0.25, 0.3) is 0 Å². The maximum Gasteiger partial charge on any atom is 0.0900 e. The molecule has 0 spiro atoms. The van der Waals surface area contributed by atoms with E-state index in [2.05, 4.69) is 4.90 Å². The Labute approximate surface area is 98.2 Å². The molecular formula is C12H25NO3. The molecule has 0 bridgehead atoms. The Balaban J connectivity index is 2.16. The smallest absolute Gasteiger partial charge is 0.0900 e. The summed E-state index contributed by atoms with van der Waals surface area (Å²) in [5.74, 6) is 0.431. The van der Waals surface area contributed by atoms with Crippen LogP contribution in [0.15, 0.2) is 0 Å². The number of hydrogen-bond acceptors (Lipinski definition) is 4. The van der Waals surface area contributed by atoms with Crippen molar-refractivity contribution in [1.29, 1.82) is 0 Å². The van der Waals surface area contributed by atoms with E-state index < -0.39 is 0 Å². The normalized spacial score (nSPS) is 23.2. The van der Waals surface area contributed by atoms with Gasteiger partial charge in [-0.1, -0.05) is 0 Å². The molecule has 1 rings (SSSR count). The van der Waals surface area contributed by atoms with E-state index in [0.29, 0.717) is 25.7 Å². The molecule has 1 saturated heterocycles. The molecule has 0 aromatic carbocycles. The second kappa shape index (κ2) is 7.22. The highest BCUT2D eigenvalue weighted by molar-refractivity contribution is 4.76. The molecule has 2 unspecified atom stereocenters. The monoisotopic (exact) mass is 231 g/mol. The van der Waals surface area contributed by atoms with Crippen LogP contribution >= 0.6 is 0 Å². The third kappa shape index (κ3) is 4.78. The Morgan fingerprint density at radius 3 is 2.44 bits per heavy atom. The molecule has 0 aliphatic carbocycles. The molecule has 4 heteroatoms. The van der Waals surface area contributed by atoms with Gasteiger partial charge in [0.2, 0.25) is 0 Å². The zero-order valence-corrected chi connectivity index (χ0v) is 10.4. The molecule has 1 fully saturated rings. The Bertz CT molecular complexity index is 179. The number of aliphatic hydroxyl groups excluding tert-OH is 2. The minimum atomic E-state index is -0.386. The number of likely N-dealkylation sites (tertiary alicyclic amines) is 1. The summed E-state index contributed by atoms with van der Waals surface area (Å²) in [7, 11) is 0. The van der Waals surface area contributed by atoms with Gasteiger partial charge in [0, 0.05) is 13.2 Å². The zero-order valence-electron chi connectivity index (χ0n) is 10.4. The summed E-state index contributed by atoms with van der Waals surface area (Å²) < 4.78 is 5.18. The minimum Gasteiger partial charge on any atom is -0.393 e. The van der Waals surface area contributed by atoms with E-state index in [9.17, 15) is 10.2 Å². The highest BCUT2D eigenvalue weighted by Crippen LogP contribution is 2.20. The summed E-state index contributed by atoms with van der Waals surface area (Å²) in [6, 6.07) is 0. The molecule has 0 aromatic rings. The van der Waals surface area contributed by atoms with Crippen LogP contribution in [0.25, 0.3) is 0 Å². The van der Waals surface area contributed by atoms with Crippen LogP contribution in [-0.2, 0) is 4.74 Å². The number of β-amino-alcohol motifs (C(OH)–C–C–N with tert-alkyl or cyclic N) is 1. The maximum absolute atomic E-state index is 9.69. The highest BCUT2D eigenvalue weighted by atomic mass is 16.5. The number of ether oxygens (including phenoxy) is 1. The lowest BCUT2D eigenvalue weighted by atomic mass is 9.92. The van der Waals surface area contributed by atoms with Gasteiger partial charge in [-0.2, -0.15) is 0 Å². The summed E-state index contributed by atoms with van der Waals surface area (Å²) in [6.45, 7) is 7.50. The van der Waals surface area contributed by atoms with Crippen molar-refractivity contribution in [2.75, 3.05) is 32.8 Å². The Morgan fingerprint density at radius 2 is 1.94 bits per heavy atom. The largest absolute Gasteiger partial charge is 0.393 e. The molecule has 1 heterocycles. The van der Waals surface area contributed by atoms with Gasteiger partial charge in [-0.05, 0) is 45.7 Å². The SMILES string of the molecule is CCOCC(O)CN1CCC(C(C)O)CC1. The molecule has 0 radical (unpaired) electrons. The lowest BCUT2D eigenvalue weighted by Crippen LogP contribution is -2.42. The average Bonchev–Trinajstić information content (AvgIpc) is 2.27. The molecule has 1 aliphatic heterocycles. The second-order valence-corrected chi connectivity index (χ2v) is 4.69. The number of piperidine rings is 1. The summed E-state index contributed by atoms with van der Waals surface area (Å²) in [5, 5.41) is 19.2. The van der Waals surface area contributed by atoms with Gasteiger partial charge in [-0.25, -0.2) is 0 Å². The van der Waals surface area contributed by atoms with Crippen LogP contribution in [0.1, 0.15) is 26.7 Å². The van der Waals surface area contributed by atoms with Crippen molar-refractivity contribution in [2.45, 2.75) is 38.9 Å². The van der Waals surface area contributed by atoms with Crippen LogP contribution in [0.3, 0.4) is 0 Å². The van der Waals surface area contributed by atoms with Crippen molar-refractivity contribution < 1.29 is 14.9 Å². The fraction of sp³-hybridized carbons (Fsp3) is 1.00. The fourth-order valence-corrected chi connectivity index (χ4v) is 2.22. The summed E-state index contributed by atoms with van der Waals surface area (Å²) >= 11 is 0. The average molecular weight is 231 g/mol. The second-order valence-electron chi connectivity index (χ2n) is 4.69. The third-order valence-corrected chi connectivity index (χ3v) is 3.30. The van der Waals surface area contributed by atoms with Crippen molar-refractivity contribution >= 4 is 0 Å². The van der Waals surface area contributed by atoms with Gasteiger partial charge in [0.15, 0.2) is 0 Å². The molecular weight excluding hydrogens is 206 g/mol. The molecule has 16 heavy (non-hydrogen) atoms. The summed E-state index contributed by atoms with van der Waals surface area (Å²) in [5.41, 5.74) is 0. The summed E-state index contributed by atoms with van der Waals surface area (Å²) in [6.07, 6.45) is 1.47. The molecule has 2 atom stereocenters. The number of hydrogen-bond donors (Lipinski definition) is 2. The topological polar surface area (TPSA) is 52.9 Å². The van der Waals surface area contributed by atoms with Crippen LogP contribution in [0.2, 0.25) is 0 Å². The standard InChI is InChI=1S/C12H25NO3/c1-3-16-9-12(15)8-13-6-4-11(5-7-13)10(2)14/h10-12,14-15H,3-9H2,1-2H3. The minimum absolute atomic E-state index is 0.199. The predicted molar refractivity (Wildman–Crippen MR) is 63.3 cm³/mol. The van der Waals surface area contributed by atoms with E-state index in [1.54, 1.807) is 0 Å². The first-order chi connectivity index (χ1) is 7.63. The number of rotatable bonds is 6. The summed E-state index contributed by atoms with van der Waals surface area (Å²) in [4.78, 5) is 2.25. The third-order valence-electron chi connectivity index (χ3n) is 3.30. The van der Waals surface area contributed by atoms with Crippen molar-refractivity contribution in [3.8, 4) is 0 Å². The van der Waals surface area contributed by atoms with Crippen LogP contribution in [0.5, 0.6) is 0 Å². The van der Waals surface area contributed by atoms with Gasteiger partial charge in [0.1, 0.15) is 0 Å². The van der Waals surface area contributed by atoms with Gasteiger partial charge in [-0.15, -0.1) is 0 Å². The molecule has 2 N–H and O–H groups in total. The lowest BCUT2D eigenvalue weighted by Gasteiger charge is -2.34. The first kappa shape index (κ1) is 13.9. The molecule has 0 aromatic heterocycles. The van der Waals surface area contributed by atoms with Gasteiger partial charge in [-0.3, -0.25) is 0 Å². The first-order valence-corrected chi connectivity index (χ1v) is 6.29. The van der Waals surface area contributed by atoms with Gasteiger partial charge < -0.3 is 19.8 Å². The fourth-order valence-electron chi connectivity index (χ4n) is 2.22. The van der Waals surface area contributed by atoms with E-state index in [1.165, 1.54) is 0 Å². The van der Waals surface area contributed by atoms with Crippen molar-refractivity contribution in [2.24, 2.45) is 5.92 Å². The van der Waals surface area contributed by atoms with Crippen molar-refractivity contribution in [3.05, 3.63) is 0 Å². The Hall–Kier alpha value is -0.160. The lowest BCUT2D eigenvalue weighted by molar-refractivity contribution is 0.00656. The van der Waals surface area contributed by atoms with Crippen molar-refractivity contribution in [3.63, 3.8) is 0 Å². The van der Waals surface area contributed by atoms with E-state index in [1.807, 2.05) is 13.8 Å². The van der Waals surface area contributed by atoms with Gasteiger partial charge in [0.05, 0.1) is 18.8 Å². The molecule has 1 aliphatic rings. The maximum atomic E-state index is 9.69. The van der Waals surface area contributed by atoms with Crippen LogP contribution < -0.4 is 0 Å².